The minimum atomic E-state index is -4.45. The fraction of sp³-hybridized carbons (Fsp3) is 0.294. The van der Waals surface area contributed by atoms with Crippen molar-refractivity contribution in [1.29, 1.82) is 0 Å². The van der Waals surface area contributed by atoms with Gasteiger partial charge in [0.25, 0.3) is 0 Å². The maximum atomic E-state index is 12.5. The highest BCUT2D eigenvalue weighted by Crippen LogP contribution is 2.32. The number of hydrogen-bond acceptors (Lipinski definition) is 3. The third-order valence-corrected chi connectivity index (χ3v) is 3.52. The topological polar surface area (TPSA) is 52.5 Å². The summed E-state index contributed by atoms with van der Waals surface area (Å²) in [5.41, 5.74) is 0.420. The molecule has 0 bridgehead atoms. The molecule has 0 aromatic heterocycles. The molecular formula is C17H18F3NO2. The second kappa shape index (κ2) is 7.37. The van der Waals surface area contributed by atoms with Crippen molar-refractivity contribution in [2.24, 2.45) is 0 Å². The predicted molar refractivity (Wildman–Crippen MR) is 81.2 cm³/mol. The van der Waals surface area contributed by atoms with Crippen LogP contribution in [0.15, 0.2) is 42.5 Å². The van der Waals surface area contributed by atoms with Crippen molar-refractivity contribution < 1.29 is 23.4 Å². The summed E-state index contributed by atoms with van der Waals surface area (Å²) in [6.45, 7) is 1.13. The standard InChI is InChI=1S/C17H18F3NO2/c18-17(19,20)14-8-7-12(16(23)10-14)5-3-9-21-11-13-4-1-2-6-15(13)22/h1-2,4,6-8,10,21-23H,3,5,9,11H2. The Morgan fingerprint density at radius 1 is 0.913 bits per heavy atom. The lowest BCUT2D eigenvalue weighted by atomic mass is 10.1. The van der Waals surface area contributed by atoms with Crippen molar-refractivity contribution in [3.05, 3.63) is 59.2 Å². The van der Waals surface area contributed by atoms with E-state index in [0.29, 0.717) is 31.5 Å². The van der Waals surface area contributed by atoms with Gasteiger partial charge in [0.2, 0.25) is 0 Å². The van der Waals surface area contributed by atoms with Crippen molar-refractivity contribution in [1.82, 2.24) is 5.32 Å². The largest absolute Gasteiger partial charge is 0.508 e. The third kappa shape index (κ3) is 4.89. The molecule has 0 aliphatic heterocycles. The Bertz CT molecular complexity index is 657. The normalized spacial score (nSPS) is 11.6. The Balaban J connectivity index is 1.80. The van der Waals surface area contributed by atoms with Gasteiger partial charge < -0.3 is 15.5 Å². The van der Waals surface area contributed by atoms with Gasteiger partial charge in [-0.25, -0.2) is 0 Å². The van der Waals surface area contributed by atoms with Gasteiger partial charge in [0, 0.05) is 12.1 Å². The molecular weight excluding hydrogens is 307 g/mol. The van der Waals surface area contributed by atoms with E-state index in [-0.39, 0.29) is 11.5 Å². The number of aryl methyl sites for hydroxylation is 1. The first-order chi connectivity index (χ1) is 10.9. The summed E-state index contributed by atoms with van der Waals surface area (Å²) in [5.74, 6) is -0.110. The molecule has 0 atom stereocenters. The highest BCUT2D eigenvalue weighted by atomic mass is 19.4. The number of para-hydroxylation sites is 1. The Morgan fingerprint density at radius 2 is 1.65 bits per heavy atom. The fourth-order valence-corrected chi connectivity index (χ4v) is 2.24. The van der Waals surface area contributed by atoms with E-state index in [4.69, 9.17) is 0 Å². The first-order valence-corrected chi connectivity index (χ1v) is 7.24. The molecule has 23 heavy (non-hydrogen) atoms. The highest BCUT2D eigenvalue weighted by molar-refractivity contribution is 5.37. The van der Waals surface area contributed by atoms with Gasteiger partial charge in [0.15, 0.2) is 0 Å². The van der Waals surface area contributed by atoms with Gasteiger partial charge in [0.05, 0.1) is 5.56 Å². The Morgan fingerprint density at radius 3 is 2.30 bits per heavy atom. The van der Waals surface area contributed by atoms with Crippen LogP contribution in [0.25, 0.3) is 0 Å². The van der Waals surface area contributed by atoms with E-state index in [9.17, 15) is 23.4 Å². The number of phenols is 2. The van der Waals surface area contributed by atoms with Gasteiger partial charge in [-0.2, -0.15) is 13.2 Å². The summed E-state index contributed by atoms with van der Waals surface area (Å²) < 4.78 is 37.5. The number of nitrogens with one attached hydrogen (secondary N) is 1. The van der Waals surface area contributed by atoms with Gasteiger partial charge in [0.1, 0.15) is 11.5 Å². The average molecular weight is 325 g/mol. The van der Waals surface area contributed by atoms with Crippen LogP contribution in [0.1, 0.15) is 23.1 Å². The van der Waals surface area contributed by atoms with E-state index in [2.05, 4.69) is 5.32 Å². The van der Waals surface area contributed by atoms with Gasteiger partial charge >= 0.3 is 6.18 Å². The van der Waals surface area contributed by atoms with Crippen LogP contribution in [-0.2, 0) is 19.1 Å². The zero-order valence-electron chi connectivity index (χ0n) is 12.4. The quantitative estimate of drug-likeness (QED) is 0.707. The number of benzene rings is 2. The second-order valence-electron chi connectivity index (χ2n) is 5.25. The average Bonchev–Trinajstić information content (AvgIpc) is 2.49. The molecule has 0 heterocycles. The van der Waals surface area contributed by atoms with Crippen molar-refractivity contribution in [3.8, 4) is 11.5 Å². The van der Waals surface area contributed by atoms with E-state index < -0.39 is 11.7 Å². The minimum absolute atomic E-state index is 0.223. The van der Waals surface area contributed by atoms with E-state index in [1.807, 2.05) is 12.1 Å². The number of alkyl halides is 3. The summed E-state index contributed by atoms with van der Waals surface area (Å²) in [7, 11) is 0. The van der Waals surface area contributed by atoms with Crippen LogP contribution in [0.5, 0.6) is 11.5 Å². The SMILES string of the molecule is Oc1cc(C(F)(F)F)ccc1CCCNCc1ccccc1O. The highest BCUT2D eigenvalue weighted by Gasteiger charge is 2.30. The van der Waals surface area contributed by atoms with Crippen LogP contribution in [0.4, 0.5) is 13.2 Å². The maximum absolute atomic E-state index is 12.5. The molecule has 0 saturated heterocycles. The number of hydrogen-bond donors (Lipinski definition) is 3. The van der Waals surface area contributed by atoms with E-state index in [1.165, 1.54) is 6.07 Å². The molecule has 2 aromatic carbocycles. The van der Waals surface area contributed by atoms with Crippen LogP contribution in [0.2, 0.25) is 0 Å². The molecule has 6 heteroatoms. The number of phenolic OH excluding ortho intramolecular Hbond substituents is 2. The fourth-order valence-electron chi connectivity index (χ4n) is 2.24. The molecule has 0 unspecified atom stereocenters. The number of halogens is 3. The van der Waals surface area contributed by atoms with Gasteiger partial charge in [-0.15, -0.1) is 0 Å². The summed E-state index contributed by atoms with van der Waals surface area (Å²) in [6.07, 6.45) is -3.32. The molecule has 3 N–H and O–H groups in total. The van der Waals surface area contributed by atoms with Crippen molar-refractivity contribution in [2.45, 2.75) is 25.6 Å². The first kappa shape index (κ1) is 17.1. The number of rotatable bonds is 6. The third-order valence-electron chi connectivity index (χ3n) is 3.52. The summed E-state index contributed by atoms with van der Waals surface area (Å²) in [4.78, 5) is 0. The van der Waals surface area contributed by atoms with Crippen LogP contribution >= 0.6 is 0 Å². The van der Waals surface area contributed by atoms with Gasteiger partial charge in [-0.3, -0.25) is 0 Å². The lowest BCUT2D eigenvalue weighted by Gasteiger charge is -2.10. The molecule has 124 valence electrons. The lowest BCUT2D eigenvalue weighted by Crippen LogP contribution is -2.15. The van der Waals surface area contributed by atoms with E-state index >= 15 is 0 Å². The zero-order valence-corrected chi connectivity index (χ0v) is 12.4. The first-order valence-electron chi connectivity index (χ1n) is 7.24. The lowest BCUT2D eigenvalue weighted by molar-refractivity contribution is -0.137. The zero-order chi connectivity index (χ0) is 16.9. The summed E-state index contributed by atoms with van der Waals surface area (Å²) in [6, 6.07) is 10.0. The van der Waals surface area contributed by atoms with Crippen LogP contribution < -0.4 is 5.32 Å². The molecule has 0 fully saturated rings. The van der Waals surface area contributed by atoms with Crippen LogP contribution in [0, 0.1) is 0 Å². The van der Waals surface area contributed by atoms with Crippen molar-refractivity contribution >= 4 is 0 Å². The molecule has 0 radical (unpaired) electrons. The Labute approximate surface area is 132 Å². The van der Waals surface area contributed by atoms with Crippen LogP contribution in [-0.4, -0.2) is 16.8 Å². The maximum Gasteiger partial charge on any atom is 0.416 e. The molecule has 0 saturated carbocycles. The summed E-state index contributed by atoms with van der Waals surface area (Å²) in [5, 5.41) is 22.4. The molecule has 0 spiro atoms. The second-order valence-corrected chi connectivity index (χ2v) is 5.25. The molecule has 0 aliphatic carbocycles. The van der Waals surface area contributed by atoms with E-state index in [1.54, 1.807) is 12.1 Å². The molecule has 2 rings (SSSR count). The molecule has 2 aromatic rings. The predicted octanol–water partition coefficient (Wildman–Crippen LogP) is 3.84. The summed E-state index contributed by atoms with van der Waals surface area (Å²) >= 11 is 0. The smallest absolute Gasteiger partial charge is 0.416 e. The molecule has 0 aliphatic rings. The van der Waals surface area contributed by atoms with Crippen LogP contribution in [0.3, 0.4) is 0 Å². The monoisotopic (exact) mass is 325 g/mol. The molecule has 0 amide bonds. The molecule has 3 nitrogen and oxygen atoms in total. The Hall–Kier alpha value is -2.21. The number of aromatic hydroxyl groups is 2. The minimum Gasteiger partial charge on any atom is -0.508 e. The van der Waals surface area contributed by atoms with Gasteiger partial charge in [-0.05, 0) is 43.1 Å². The Kier molecular flexibility index (Phi) is 5.50. The van der Waals surface area contributed by atoms with Crippen molar-refractivity contribution in [2.75, 3.05) is 6.54 Å². The van der Waals surface area contributed by atoms with Crippen molar-refractivity contribution in [3.63, 3.8) is 0 Å². The van der Waals surface area contributed by atoms with Gasteiger partial charge in [-0.1, -0.05) is 24.3 Å². The van der Waals surface area contributed by atoms with E-state index in [0.717, 1.165) is 17.7 Å².